The summed E-state index contributed by atoms with van der Waals surface area (Å²) in [5, 5.41) is 12.2. The van der Waals surface area contributed by atoms with Gasteiger partial charge in [-0.25, -0.2) is 0 Å². The van der Waals surface area contributed by atoms with Crippen LogP contribution in [0.3, 0.4) is 0 Å². The number of nitrogens with zero attached hydrogens (tertiary/aromatic N) is 1. The van der Waals surface area contributed by atoms with Crippen LogP contribution in [0.1, 0.15) is 102 Å². The Morgan fingerprint density at radius 2 is 1.12 bits per heavy atom. The topological polar surface area (TPSA) is 35.8 Å². The molecule has 0 radical (unpaired) electrons. The van der Waals surface area contributed by atoms with Gasteiger partial charge in [-0.15, -0.1) is 12.4 Å². The molecule has 26 heavy (non-hydrogen) atoms. The van der Waals surface area contributed by atoms with E-state index in [1.54, 1.807) is 0 Å². The molecule has 0 atom stereocenters. The molecule has 1 aromatic carbocycles. The van der Waals surface area contributed by atoms with Gasteiger partial charge in [-0.1, -0.05) is 90.4 Å². The van der Waals surface area contributed by atoms with Gasteiger partial charge in [-0.05, 0) is 30.7 Å². The molecular formula is C23H39ClN2. The van der Waals surface area contributed by atoms with E-state index in [1.807, 2.05) is 24.3 Å². The number of nitrogens with one attached hydrogen (secondary N) is 1. The summed E-state index contributed by atoms with van der Waals surface area (Å²) < 4.78 is 0. The van der Waals surface area contributed by atoms with Crippen LogP contribution in [-0.4, -0.2) is 6.54 Å². The van der Waals surface area contributed by atoms with Crippen molar-refractivity contribution in [2.45, 2.75) is 96.8 Å². The van der Waals surface area contributed by atoms with Gasteiger partial charge in [0.2, 0.25) is 0 Å². The molecule has 0 spiro atoms. The number of nitriles is 1. The third kappa shape index (κ3) is 14.0. The van der Waals surface area contributed by atoms with E-state index in [1.165, 1.54) is 89.9 Å². The molecule has 0 unspecified atom stereocenters. The molecule has 0 saturated heterocycles. The largest absolute Gasteiger partial charge is 0.385 e. The molecule has 0 bridgehead atoms. The number of unbranched alkanes of at least 4 members (excludes halogenated alkanes) is 13. The van der Waals surface area contributed by atoms with E-state index in [9.17, 15) is 0 Å². The normalized spacial score (nSPS) is 10.2. The standard InChI is InChI=1S/C23H38N2.ClH/c1-2-3-4-5-6-7-8-9-10-11-12-13-14-15-20-25-23-18-16-22(21-24)17-19-23;/h16-19,25H,2-15,20H2,1H3;1H. The molecule has 0 aromatic heterocycles. The van der Waals surface area contributed by atoms with Crippen molar-refractivity contribution in [1.29, 1.82) is 5.26 Å². The number of hydrogen-bond acceptors (Lipinski definition) is 2. The fraction of sp³-hybridized carbons (Fsp3) is 0.696. The summed E-state index contributed by atoms with van der Waals surface area (Å²) in [6.45, 7) is 3.32. The zero-order valence-corrected chi connectivity index (χ0v) is 17.6. The van der Waals surface area contributed by atoms with E-state index >= 15 is 0 Å². The second-order valence-corrected chi connectivity index (χ2v) is 7.21. The lowest BCUT2D eigenvalue weighted by Crippen LogP contribution is -2.01. The van der Waals surface area contributed by atoms with Gasteiger partial charge >= 0.3 is 0 Å². The summed E-state index contributed by atoms with van der Waals surface area (Å²) >= 11 is 0. The quantitative estimate of drug-likeness (QED) is 0.297. The first kappa shape index (κ1) is 24.8. The van der Waals surface area contributed by atoms with E-state index in [-0.39, 0.29) is 12.4 Å². The van der Waals surface area contributed by atoms with Gasteiger partial charge in [0, 0.05) is 12.2 Å². The summed E-state index contributed by atoms with van der Waals surface area (Å²) in [5.74, 6) is 0. The molecular weight excluding hydrogens is 340 g/mol. The van der Waals surface area contributed by atoms with Crippen LogP contribution in [0.2, 0.25) is 0 Å². The minimum absolute atomic E-state index is 0. The summed E-state index contributed by atoms with van der Waals surface area (Å²) in [6.07, 6.45) is 19.6. The van der Waals surface area contributed by atoms with Crippen LogP contribution >= 0.6 is 12.4 Å². The van der Waals surface area contributed by atoms with Gasteiger partial charge in [-0.3, -0.25) is 0 Å². The van der Waals surface area contributed by atoms with Gasteiger partial charge in [0.25, 0.3) is 0 Å². The average Bonchev–Trinajstić information content (AvgIpc) is 2.65. The molecule has 0 fully saturated rings. The Bertz CT molecular complexity index is 450. The Morgan fingerprint density at radius 1 is 0.692 bits per heavy atom. The Labute approximate surface area is 168 Å². The molecule has 0 heterocycles. The Hall–Kier alpha value is -1.20. The highest BCUT2D eigenvalue weighted by atomic mass is 35.5. The number of benzene rings is 1. The third-order valence-electron chi connectivity index (χ3n) is 4.87. The first-order valence-corrected chi connectivity index (χ1v) is 10.6. The molecule has 2 nitrogen and oxygen atoms in total. The SMILES string of the molecule is CCCCCCCCCCCCCCCCNc1ccc(C#N)cc1.Cl. The van der Waals surface area contributed by atoms with E-state index < -0.39 is 0 Å². The molecule has 0 aliphatic heterocycles. The van der Waals surface area contributed by atoms with E-state index in [0.717, 1.165) is 17.8 Å². The molecule has 0 aliphatic carbocycles. The summed E-state index contributed by atoms with van der Waals surface area (Å²) in [6, 6.07) is 9.86. The predicted molar refractivity (Wildman–Crippen MR) is 117 cm³/mol. The molecule has 1 N–H and O–H groups in total. The fourth-order valence-corrected chi connectivity index (χ4v) is 3.21. The smallest absolute Gasteiger partial charge is 0.0991 e. The van der Waals surface area contributed by atoms with Crippen molar-refractivity contribution < 1.29 is 0 Å². The highest BCUT2D eigenvalue weighted by Gasteiger charge is 1.95. The van der Waals surface area contributed by atoms with E-state index in [4.69, 9.17) is 5.26 Å². The third-order valence-corrected chi connectivity index (χ3v) is 4.87. The summed E-state index contributed by atoms with van der Waals surface area (Å²) in [7, 11) is 0. The van der Waals surface area contributed by atoms with E-state index in [0.29, 0.717) is 0 Å². The molecule has 0 amide bonds. The lowest BCUT2D eigenvalue weighted by atomic mass is 10.0. The number of anilines is 1. The molecule has 3 heteroatoms. The fourth-order valence-electron chi connectivity index (χ4n) is 3.21. The zero-order chi connectivity index (χ0) is 18.0. The number of halogens is 1. The van der Waals surface area contributed by atoms with Crippen LogP contribution in [0, 0.1) is 11.3 Å². The van der Waals surface area contributed by atoms with Crippen molar-refractivity contribution in [3.8, 4) is 6.07 Å². The van der Waals surface area contributed by atoms with Crippen LogP contribution in [0.25, 0.3) is 0 Å². The molecule has 1 rings (SSSR count). The lowest BCUT2D eigenvalue weighted by Gasteiger charge is -2.06. The molecule has 148 valence electrons. The lowest BCUT2D eigenvalue weighted by molar-refractivity contribution is 0.537. The molecule has 0 aliphatic rings. The predicted octanol–water partition coefficient (Wildman–Crippen LogP) is 7.87. The summed E-state index contributed by atoms with van der Waals surface area (Å²) in [4.78, 5) is 0. The van der Waals surface area contributed by atoms with Crippen LogP contribution < -0.4 is 5.32 Å². The van der Waals surface area contributed by atoms with E-state index in [2.05, 4.69) is 18.3 Å². The second kappa shape index (κ2) is 18.6. The Balaban J connectivity index is 0.00000625. The van der Waals surface area contributed by atoms with Crippen LogP contribution in [0.5, 0.6) is 0 Å². The van der Waals surface area contributed by atoms with Gasteiger partial charge in [-0.2, -0.15) is 5.26 Å². The monoisotopic (exact) mass is 378 g/mol. The second-order valence-electron chi connectivity index (χ2n) is 7.21. The van der Waals surface area contributed by atoms with Crippen molar-refractivity contribution in [3.05, 3.63) is 29.8 Å². The van der Waals surface area contributed by atoms with Crippen molar-refractivity contribution in [2.24, 2.45) is 0 Å². The van der Waals surface area contributed by atoms with Crippen molar-refractivity contribution >= 4 is 18.1 Å². The minimum Gasteiger partial charge on any atom is -0.385 e. The molecule has 0 saturated carbocycles. The maximum atomic E-state index is 8.77. The zero-order valence-electron chi connectivity index (χ0n) is 16.8. The first-order chi connectivity index (χ1) is 12.4. The Kier molecular flexibility index (Phi) is 17.7. The van der Waals surface area contributed by atoms with Crippen LogP contribution in [0.4, 0.5) is 5.69 Å². The number of rotatable bonds is 16. The van der Waals surface area contributed by atoms with Crippen molar-refractivity contribution in [3.63, 3.8) is 0 Å². The summed E-state index contributed by atoms with van der Waals surface area (Å²) in [5.41, 5.74) is 1.84. The maximum absolute atomic E-state index is 8.77. The number of hydrogen-bond donors (Lipinski definition) is 1. The Morgan fingerprint density at radius 3 is 1.54 bits per heavy atom. The van der Waals surface area contributed by atoms with Crippen molar-refractivity contribution in [1.82, 2.24) is 0 Å². The van der Waals surface area contributed by atoms with Gasteiger partial charge in [0.1, 0.15) is 0 Å². The first-order valence-electron chi connectivity index (χ1n) is 10.6. The van der Waals surface area contributed by atoms with Crippen LogP contribution in [0.15, 0.2) is 24.3 Å². The maximum Gasteiger partial charge on any atom is 0.0991 e. The average molecular weight is 379 g/mol. The molecule has 1 aromatic rings. The minimum atomic E-state index is 0. The van der Waals surface area contributed by atoms with Crippen molar-refractivity contribution in [2.75, 3.05) is 11.9 Å². The van der Waals surface area contributed by atoms with Gasteiger partial charge in [0.05, 0.1) is 11.6 Å². The van der Waals surface area contributed by atoms with Crippen LogP contribution in [-0.2, 0) is 0 Å². The van der Waals surface area contributed by atoms with Gasteiger partial charge < -0.3 is 5.32 Å². The van der Waals surface area contributed by atoms with Gasteiger partial charge in [0.15, 0.2) is 0 Å². The highest BCUT2D eigenvalue weighted by Crippen LogP contribution is 2.13. The highest BCUT2D eigenvalue weighted by molar-refractivity contribution is 5.85.